The smallest absolute Gasteiger partial charge is 0.320 e. The lowest BCUT2D eigenvalue weighted by atomic mass is 9.89. The second-order valence-electron chi connectivity index (χ2n) is 12.2. The van der Waals surface area contributed by atoms with E-state index in [0.717, 1.165) is 63.2 Å². The number of hydrogen-bond acceptors (Lipinski definition) is 6. The molecule has 256 valence electrons. The molecule has 5 rings (SSSR count). The molecule has 0 unspecified atom stereocenters. The van der Waals surface area contributed by atoms with Crippen molar-refractivity contribution in [1.82, 2.24) is 24.6 Å². The van der Waals surface area contributed by atoms with Crippen molar-refractivity contribution >= 4 is 64.1 Å². The average molecular weight is 735 g/mol. The van der Waals surface area contributed by atoms with Gasteiger partial charge in [0.2, 0.25) is 0 Å². The summed E-state index contributed by atoms with van der Waals surface area (Å²) in [6, 6.07) is 16.4. The first kappa shape index (κ1) is 36.2. The van der Waals surface area contributed by atoms with Crippen LogP contribution in [0.1, 0.15) is 53.2 Å². The number of amides is 3. The van der Waals surface area contributed by atoms with Crippen molar-refractivity contribution in [2.45, 2.75) is 44.2 Å². The summed E-state index contributed by atoms with van der Waals surface area (Å²) in [7, 11) is 3.20. The second kappa shape index (κ2) is 17.0. The quantitative estimate of drug-likeness (QED) is 0.141. The van der Waals surface area contributed by atoms with E-state index in [2.05, 4.69) is 19.9 Å². The first-order valence-electron chi connectivity index (χ1n) is 16.1. The van der Waals surface area contributed by atoms with E-state index in [1.54, 1.807) is 42.4 Å². The van der Waals surface area contributed by atoms with Crippen LogP contribution >= 0.6 is 46.4 Å². The maximum absolute atomic E-state index is 13.5. The Morgan fingerprint density at radius 3 is 2.42 bits per heavy atom. The van der Waals surface area contributed by atoms with Gasteiger partial charge >= 0.3 is 6.03 Å². The molecule has 2 aliphatic rings. The molecule has 3 amide bonds. The van der Waals surface area contributed by atoms with Crippen molar-refractivity contribution in [2.75, 3.05) is 53.4 Å². The maximum Gasteiger partial charge on any atom is 0.320 e. The van der Waals surface area contributed by atoms with Crippen molar-refractivity contribution < 1.29 is 14.4 Å². The zero-order valence-electron chi connectivity index (χ0n) is 27.1. The van der Waals surface area contributed by atoms with Gasteiger partial charge in [-0.2, -0.15) is 0 Å². The summed E-state index contributed by atoms with van der Waals surface area (Å²) in [5.41, 5.74) is 2.88. The van der Waals surface area contributed by atoms with Crippen LogP contribution in [-0.4, -0.2) is 102 Å². The minimum atomic E-state index is -0.246. The molecule has 3 heterocycles. The summed E-state index contributed by atoms with van der Waals surface area (Å²) in [6.07, 6.45) is 5.23. The number of carbonyl (C=O) groups excluding carboxylic acids is 2. The highest BCUT2D eigenvalue weighted by molar-refractivity contribution is 6.42. The summed E-state index contributed by atoms with van der Waals surface area (Å²) in [5.74, 6) is -0.455. The van der Waals surface area contributed by atoms with Gasteiger partial charge < -0.3 is 24.4 Å². The van der Waals surface area contributed by atoms with E-state index >= 15 is 0 Å². The lowest BCUT2D eigenvalue weighted by molar-refractivity contribution is 0.0757. The molecule has 0 spiro atoms. The van der Waals surface area contributed by atoms with Gasteiger partial charge in [-0.1, -0.05) is 63.7 Å². The van der Waals surface area contributed by atoms with Crippen LogP contribution < -0.4 is 0 Å². The van der Waals surface area contributed by atoms with Crippen molar-refractivity contribution in [3.05, 3.63) is 97.7 Å². The third-order valence-corrected chi connectivity index (χ3v) is 10.1. The molecule has 48 heavy (non-hydrogen) atoms. The zero-order valence-corrected chi connectivity index (χ0v) is 30.1. The van der Waals surface area contributed by atoms with Crippen LogP contribution in [0, 0.1) is 0 Å². The van der Waals surface area contributed by atoms with E-state index < -0.39 is 0 Å². The van der Waals surface area contributed by atoms with Gasteiger partial charge in [-0.15, -0.1) is 0 Å². The van der Waals surface area contributed by atoms with E-state index in [9.17, 15) is 9.59 Å². The number of nitrogens with zero attached hydrogens (tertiary/aromatic N) is 6. The van der Waals surface area contributed by atoms with Crippen LogP contribution in [0.4, 0.5) is 4.79 Å². The van der Waals surface area contributed by atoms with Gasteiger partial charge in [0.05, 0.1) is 34.5 Å². The van der Waals surface area contributed by atoms with E-state index in [-0.39, 0.29) is 30.4 Å². The summed E-state index contributed by atoms with van der Waals surface area (Å²) < 4.78 is 0. The minimum Gasteiger partial charge on any atom is -0.399 e. The van der Waals surface area contributed by atoms with E-state index in [4.69, 9.17) is 51.2 Å². The minimum absolute atomic E-state index is 0.101. The Labute approximate surface area is 302 Å². The number of piperidine rings is 1. The fourth-order valence-electron chi connectivity index (χ4n) is 6.53. The molecule has 1 atom stereocenters. The fourth-order valence-corrected chi connectivity index (χ4v) is 7.36. The van der Waals surface area contributed by atoms with Crippen molar-refractivity contribution in [2.24, 2.45) is 5.16 Å². The highest BCUT2D eigenvalue weighted by Gasteiger charge is 2.34. The van der Waals surface area contributed by atoms with Crippen LogP contribution in [0.25, 0.3) is 0 Å². The molecule has 2 aromatic carbocycles. The Hall–Kier alpha value is -3.08. The molecule has 0 aliphatic carbocycles. The number of aromatic nitrogens is 1. The van der Waals surface area contributed by atoms with Crippen LogP contribution in [-0.2, 0) is 11.4 Å². The summed E-state index contributed by atoms with van der Waals surface area (Å²) in [4.78, 5) is 44.5. The van der Waals surface area contributed by atoms with Gasteiger partial charge in [0.1, 0.15) is 7.11 Å². The number of urea groups is 1. The normalized spacial score (nSPS) is 17.0. The standard InChI is InChI=1S/C35H40Cl4N6O3/c1-42(34(46)25-18-26(36)21-27(37)19-25)23-33(41-48-2)30(24-7-8-31(38)32(39)20-24)11-17-43-15-9-29(10-16-43)45-14-5-13-44(35(45)47)22-28-6-3-4-12-40-28/h3-4,6-8,12,18-21,29-30H,5,9-11,13-17,22-23H2,1-2H3/b41-33+/t30-/m1/s1. The molecule has 0 bridgehead atoms. The molecule has 2 aliphatic heterocycles. The average Bonchev–Trinajstić information content (AvgIpc) is 3.07. The van der Waals surface area contributed by atoms with E-state index in [0.29, 0.717) is 44.3 Å². The monoisotopic (exact) mass is 732 g/mol. The van der Waals surface area contributed by atoms with E-state index in [1.807, 2.05) is 35.2 Å². The summed E-state index contributed by atoms with van der Waals surface area (Å²) in [5, 5.41) is 6.08. The van der Waals surface area contributed by atoms with Gasteiger partial charge in [0.25, 0.3) is 5.91 Å². The highest BCUT2D eigenvalue weighted by atomic mass is 35.5. The largest absolute Gasteiger partial charge is 0.399 e. The molecule has 13 heteroatoms. The molecular formula is C35H40Cl4N6O3. The molecule has 2 fully saturated rings. The fraction of sp³-hybridized carbons (Fsp3) is 0.429. The number of oxime groups is 1. The van der Waals surface area contributed by atoms with E-state index in [1.165, 1.54) is 7.11 Å². The molecule has 3 aromatic rings. The van der Waals surface area contributed by atoms with Gasteiger partial charge in [0.15, 0.2) is 0 Å². The van der Waals surface area contributed by atoms with Gasteiger partial charge in [-0.3, -0.25) is 9.78 Å². The molecule has 0 radical (unpaired) electrons. The third kappa shape index (κ3) is 9.33. The Kier molecular flexibility index (Phi) is 12.8. The third-order valence-electron chi connectivity index (χ3n) is 8.97. The topological polar surface area (TPSA) is 81.6 Å². The lowest BCUT2D eigenvalue weighted by Gasteiger charge is -2.43. The molecule has 9 nitrogen and oxygen atoms in total. The van der Waals surface area contributed by atoms with Gasteiger partial charge in [0, 0.05) is 67.0 Å². The highest BCUT2D eigenvalue weighted by Crippen LogP contribution is 2.31. The number of carbonyl (C=O) groups is 2. The molecular weight excluding hydrogens is 694 g/mol. The number of pyridine rings is 1. The Bertz CT molecular complexity index is 1580. The lowest BCUT2D eigenvalue weighted by Crippen LogP contribution is -2.55. The van der Waals surface area contributed by atoms with Crippen molar-refractivity contribution in [3.8, 4) is 0 Å². The second-order valence-corrected chi connectivity index (χ2v) is 13.9. The molecule has 1 aromatic heterocycles. The zero-order chi connectivity index (χ0) is 34.2. The molecule has 2 saturated heterocycles. The SMILES string of the molecule is CO/N=C(\CN(C)C(=O)c1cc(Cl)cc(Cl)c1)[C@H](CCN1CCC(N2CCCN(Cc3ccccn3)C2=O)CC1)c1ccc(Cl)c(Cl)c1. The number of hydrogen-bond donors (Lipinski definition) is 0. The number of likely N-dealkylation sites (tertiary alicyclic amines) is 1. The van der Waals surface area contributed by atoms with Crippen molar-refractivity contribution in [1.29, 1.82) is 0 Å². The van der Waals surface area contributed by atoms with Crippen LogP contribution in [0.5, 0.6) is 0 Å². The van der Waals surface area contributed by atoms with Crippen molar-refractivity contribution in [3.63, 3.8) is 0 Å². The predicted octanol–water partition coefficient (Wildman–Crippen LogP) is 7.74. The number of rotatable bonds is 12. The predicted molar refractivity (Wildman–Crippen MR) is 193 cm³/mol. The Balaban J connectivity index is 1.24. The molecule has 0 saturated carbocycles. The molecule has 0 N–H and O–H groups in total. The van der Waals surface area contributed by atoms with Crippen LogP contribution in [0.3, 0.4) is 0 Å². The first-order valence-corrected chi connectivity index (χ1v) is 17.6. The number of halogens is 4. The first-order chi connectivity index (χ1) is 23.1. The van der Waals surface area contributed by atoms with Crippen LogP contribution in [0.15, 0.2) is 65.9 Å². The number of benzene rings is 2. The Morgan fingerprint density at radius 1 is 1.00 bits per heavy atom. The summed E-state index contributed by atoms with van der Waals surface area (Å²) >= 11 is 25.1. The van der Waals surface area contributed by atoms with Gasteiger partial charge in [-0.25, -0.2) is 4.79 Å². The maximum atomic E-state index is 13.5. The Morgan fingerprint density at radius 2 is 1.75 bits per heavy atom. The van der Waals surface area contributed by atoms with Crippen LogP contribution in [0.2, 0.25) is 20.1 Å². The van der Waals surface area contributed by atoms with Gasteiger partial charge in [-0.05, 0) is 80.3 Å². The summed E-state index contributed by atoms with van der Waals surface area (Å²) in [6.45, 7) is 4.79.